The predicted molar refractivity (Wildman–Crippen MR) is 131 cm³/mol. The lowest BCUT2D eigenvalue weighted by atomic mass is 10.1. The third-order valence-electron chi connectivity index (χ3n) is 5.67. The minimum absolute atomic E-state index is 0. The monoisotopic (exact) mass is 534 g/mol. The van der Waals surface area contributed by atoms with Crippen molar-refractivity contribution in [1.82, 2.24) is 15.1 Å². The number of piperazine rings is 1. The number of morpholine rings is 1. The number of hydrogen-bond donors (Lipinski definition) is 2. The number of benzene rings is 1. The molecule has 0 atom stereocenters. The van der Waals surface area contributed by atoms with Crippen LogP contribution in [0, 0.1) is 5.82 Å². The van der Waals surface area contributed by atoms with Gasteiger partial charge in [0.2, 0.25) is 0 Å². The molecule has 30 heavy (non-hydrogen) atoms. The molecule has 1 aromatic rings. The van der Waals surface area contributed by atoms with Gasteiger partial charge in [-0.1, -0.05) is 13.0 Å². The third kappa shape index (κ3) is 7.82. The SMILES string of the molecule is CCN1CCN(c2ccc(CN=C(N)NCCCN3CCOCC3)cc2F)CC1.I. The van der Waals surface area contributed by atoms with Gasteiger partial charge in [0, 0.05) is 45.8 Å². The maximum atomic E-state index is 14.6. The average Bonchev–Trinajstić information content (AvgIpc) is 2.76. The lowest BCUT2D eigenvalue weighted by Crippen LogP contribution is -2.46. The Labute approximate surface area is 196 Å². The molecule has 0 aliphatic carbocycles. The normalized spacial score (nSPS) is 18.9. The predicted octanol–water partition coefficient (Wildman–Crippen LogP) is 1.71. The van der Waals surface area contributed by atoms with Crippen LogP contribution in [0.4, 0.5) is 10.1 Å². The summed E-state index contributed by atoms with van der Waals surface area (Å²) in [6.07, 6.45) is 1.00. The van der Waals surface area contributed by atoms with Crippen LogP contribution in [0.25, 0.3) is 0 Å². The number of guanidine groups is 1. The highest BCUT2D eigenvalue weighted by Gasteiger charge is 2.18. The second-order valence-corrected chi connectivity index (χ2v) is 7.64. The van der Waals surface area contributed by atoms with Crippen LogP contribution < -0.4 is 16.0 Å². The number of nitrogens with one attached hydrogen (secondary N) is 1. The van der Waals surface area contributed by atoms with Crippen molar-refractivity contribution in [2.75, 3.05) is 77.0 Å². The zero-order chi connectivity index (χ0) is 20.5. The van der Waals surface area contributed by atoms with Crippen LogP contribution in [0.2, 0.25) is 0 Å². The molecule has 170 valence electrons. The van der Waals surface area contributed by atoms with Gasteiger partial charge in [0.05, 0.1) is 25.4 Å². The van der Waals surface area contributed by atoms with Crippen LogP contribution in [-0.4, -0.2) is 87.9 Å². The summed E-state index contributed by atoms with van der Waals surface area (Å²) in [6.45, 7) is 12.7. The van der Waals surface area contributed by atoms with Gasteiger partial charge in [-0.3, -0.25) is 4.90 Å². The van der Waals surface area contributed by atoms with E-state index < -0.39 is 0 Å². The first-order valence-corrected chi connectivity index (χ1v) is 10.8. The topological polar surface area (TPSA) is 69.4 Å². The van der Waals surface area contributed by atoms with Crippen molar-refractivity contribution in [3.8, 4) is 0 Å². The van der Waals surface area contributed by atoms with Crippen LogP contribution in [0.1, 0.15) is 18.9 Å². The molecular weight excluding hydrogens is 498 g/mol. The molecular formula is C21H36FIN6O. The second kappa shape index (κ2) is 13.3. The standard InChI is InChI=1S/C21H35FN6O.HI/c1-2-26-8-10-28(11-9-26)20-5-4-18(16-19(20)22)17-25-21(23)24-6-3-7-27-12-14-29-15-13-27;/h4-5,16H,2-3,6-15,17H2,1H3,(H3,23,24,25);1H. The Kier molecular flexibility index (Phi) is 11.1. The number of aliphatic imine (C=N–C) groups is 1. The Morgan fingerprint density at radius 1 is 1.13 bits per heavy atom. The number of rotatable bonds is 8. The van der Waals surface area contributed by atoms with E-state index in [-0.39, 0.29) is 29.8 Å². The van der Waals surface area contributed by atoms with Crippen molar-refractivity contribution in [2.24, 2.45) is 10.7 Å². The Balaban J connectivity index is 0.00000320. The Morgan fingerprint density at radius 3 is 2.53 bits per heavy atom. The highest BCUT2D eigenvalue weighted by molar-refractivity contribution is 14.0. The molecule has 7 nitrogen and oxygen atoms in total. The fourth-order valence-electron chi connectivity index (χ4n) is 3.79. The molecule has 0 bridgehead atoms. The summed E-state index contributed by atoms with van der Waals surface area (Å²) in [6, 6.07) is 5.39. The summed E-state index contributed by atoms with van der Waals surface area (Å²) >= 11 is 0. The highest BCUT2D eigenvalue weighted by Crippen LogP contribution is 2.22. The molecule has 9 heteroatoms. The smallest absolute Gasteiger partial charge is 0.188 e. The number of nitrogens with two attached hydrogens (primary N) is 1. The number of anilines is 1. The number of nitrogens with zero attached hydrogens (tertiary/aromatic N) is 4. The molecule has 1 aromatic carbocycles. The van der Waals surface area contributed by atoms with Gasteiger partial charge in [0.15, 0.2) is 5.96 Å². The van der Waals surface area contributed by atoms with E-state index in [0.717, 1.165) is 84.1 Å². The highest BCUT2D eigenvalue weighted by atomic mass is 127. The second-order valence-electron chi connectivity index (χ2n) is 7.64. The molecule has 0 spiro atoms. The quantitative estimate of drug-likeness (QED) is 0.229. The third-order valence-corrected chi connectivity index (χ3v) is 5.67. The molecule has 0 radical (unpaired) electrons. The van der Waals surface area contributed by atoms with Crippen LogP contribution in [0.5, 0.6) is 0 Å². The molecule has 2 fully saturated rings. The van der Waals surface area contributed by atoms with E-state index in [4.69, 9.17) is 10.5 Å². The van der Waals surface area contributed by atoms with Crippen LogP contribution in [0.15, 0.2) is 23.2 Å². The minimum atomic E-state index is -0.181. The molecule has 3 N–H and O–H groups in total. The Hall–Kier alpha value is -1.17. The van der Waals surface area contributed by atoms with Gasteiger partial charge in [0.1, 0.15) is 5.82 Å². The van der Waals surface area contributed by atoms with Crippen molar-refractivity contribution in [3.63, 3.8) is 0 Å². The first kappa shape index (κ1) is 25.1. The fourth-order valence-corrected chi connectivity index (χ4v) is 3.79. The maximum Gasteiger partial charge on any atom is 0.188 e. The molecule has 0 saturated carbocycles. The largest absolute Gasteiger partial charge is 0.379 e. The first-order chi connectivity index (χ1) is 14.2. The number of likely N-dealkylation sites (N-methyl/N-ethyl adjacent to an activating group) is 1. The zero-order valence-corrected chi connectivity index (χ0v) is 20.3. The molecule has 3 rings (SSSR count). The maximum absolute atomic E-state index is 14.6. The van der Waals surface area contributed by atoms with Gasteiger partial charge >= 0.3 is 0 Å². The number of hydrogen-bond acceptors (Lipinski definition) is 5. The van der Waals surface area contributed by atoms with Crippen molar-refractivity contribution >= 4 is 35.6 Å². The summed E-state index contributed by atoms with van der Waals surface area (Å²) in [7, 11) is 0. The lowest BCUT2D eigenvalue weighted by molar-refractivity contribution is 0.0376. The first-order valence-electron chi connectivity index (χ1n) is 10.8. The lowest BCUT2D eigenvalue weighted by Gasteiger charge is -2.35. The van der Waals surface area contributed by atoms with E-state index in [0.29, 0.717) is 18.2 Å². The van der Waals surface area contributed by atoms with Crippen LogP contribution in [-0.2, 0) is 11.3 Å². The zero-order valence-electron chi connectivity index (χ0n) is 18.0. The van der Waals surface area contributed by atoms with E-state index in [1.807, 2.05) is 12.1 Å². The summed E-state index contributed by atoms with van der Waals surface area (Å²) in [5.41, 5.74) is 7.46. The molecule has 0 aromatic heterocycles. The van der Waals surface area contributed by atoms with E-state index >= 15 is 0 Å². The van der Waals surface area contributed by atoms with E-state index in [1.54, 1.807) is 6.07 Å². The van der Waals surface area contributed by atoms with Crippen molar-refractivity contribution in [2.45, 2.75) is 19.9 Å². The fraction of sp³-hybridized carbons (Fsp3) is 0.667. The average molecular weight is 534 g/mol. The van der Waals surface area contributed by atoms with Crippen molar-refractivity contribution < 1.29 is 9.13 Å². The van der Waals surface area contributed by atoms with Crippen molar-refractivity contribution in [3.05, 3.63) is 29.6 Å². The van der Waals surface area contributed by atoms with E-state index in [9.17, 15) is 4.39 Å². The van der Waals surface area contributed by atoms with Crippen LogP contribution >= 0.6 is 24.0 Å². The summed E-state index contributed by atoms with van der Waals surface area (Å²) in [5.74, 6) is 0.229. The summed E-state index contributed by atoms with van der Waals surface area (Å²) < 4.78 is 19.9. The van der Waals surface area contributed by atoms with Gasteiger partial charge in [-0.25, -0.2) is 9.38 Å². The van der Waals surface area contributed by atoms with E-state index in [2.05, 4.69) is 31.9 Å². The van der Waals surface area contributed by atoms with Gasteiger partial charge in [-0.05, 0) is 37.2 Å². The van der Waals surface area contributed by atoms with Crippen molar-refractivity contribution in [1.29, 1.82) is 0 Å². The van der Waals surface area contributed by atoms with E-state index in [1.165, 1.54) is 0 Å². The van der Waals surface area contributed by atoms with Gasteiger partial charge in [-0.2, -0.15) is 0 Å². The summed E-state index contributed by atoms with van der Waals surface area (Å²) in [4.78, 5) is 11.2. The molecule has 0 amide bonds. The molecule has 2 heterocycles. The number of halogens is 2. The molecule has 2 aliphatic heterocycles. The minimum Gasteiger partial charge on any atom is -0.379 e. The molecule has 2 saturated heterocycles. The summed E-state index contributed by atoms with van der Waals surface area (Å²) in [5, 5.41) is 3.14. The van der Waals surface area contributed by atoms with Gasteiger partial charge in [0.25, 0.3) is 0 Å². The number of ether oxygens (including phenoxy) is 1. The van der Waals surface area contributed by atoms with Crippen LogP contribution in [0.3, 0.4) is 0 Å². The Morgan fingerprint density at radius 2 is 1.87 bits per heavy atom. The van der Waals surface area contributed by atoms with Gasteiger partial charge in [-0.15, -0.1) is 24.0 Å². The van der Waals surface area contributed by atoms with Gasteiger partial charge < -0.3 is 25.6 Å². The Bertz CT molecular complexity index is 663. The molecule has 0 unspecified atom stereocenters. The molecule has 2 aliphatic rings.